The standard InChI is InChI=1S/C15H24ClNO3/c1-3-4-5-6-7-8-9-12-20-17-11-10-13(16)14(17)15(18)19-2/h10-11H,3-9,12H2,1-2H3. The minimum Gasteiger partial charge on any atom is -0.464 e. The molecule has 0 aromatic carbocycles. The molecule has 0 radical (unpaired) electrons. The van der Waals surface area contributed by atoms with Crippen molar-refractivity contribution in [1.82, 2.24) is 4.73 Å². The normalized spacial score (nSPS) is 10.6. The van der Waals surface area contributed by atoms with Crippen molar-refractivity contribution in [2.75, 3.05) is 13.7 Å². The molecule has 5 heteroatoms. The van der Waals surface area contributed by atoms with Gasteiger partial charge in [-0.2, -0.15) is 4.73 Å². The van der Waals surface area contributed by atoms with Gasteiger partial charge in [-0.3, -0.25) is 0 Å². The van der Waals surface area contributed by atoms with Gasteiger partial charge in [0.25, 0.3) is 0 Å². The monoisotopic (exact) mass is 301 g/mol. The highest BCUT2D eigenvalue weighted by Crippen LogP contribution is 2.17. The van der Waals surface area contributed by atoms with E-state index in [4.69, 9.17) is 16.4 Å². The molecule has 0 bridgehead atoms. The van der Waals surface area contributed by atoms with Crippen LogP contribution in [0.2, 0.25) is 5.02 Å². The largest absolute Gasteiger partial charge is 0.464 e. The average Bonchev–Trinajstić information content (AvgIpc) is 2.82. The Kier molecular flexibility index (Phi) is 8.19. The number of aromatic nitrogens is 1. The van der Waals surface area contributed by atoms with Crippen molar-refractivity contribution in [3.8, 4) is 0 Å². The van der Waals surface area contributed by atoms with Crippen LogP contribution in [0.1, 0.15) is 62.4 Å². The summed E-state index contributed by atoms with van der Waals surface area (Å²) >= 11 is 5.93. The fourth-order valence-corrected chi connectivity index (χ4v) is 2.22. The Morgan fingerprint density at radius 2 is 1.85 bits per heavy atom. The maximum atomic E-state index is 11.5. The predicted molar refractivity (Wildman–Crippen MR) is 80.2 cm³/mol. The zero-order chi connectivity index (χ0) is 14.8. The molecule has 1 aromatic heterocycles. The first-order chi connectivity index (χ1) is 9.70. The summed E-state index contributed by atoms with van der Waals surface area (Å²) < 4.78 is 6.07. The number of carbonyl (C=O) groups is 1. The summed E-state index contributed by atoms with van der Waals surface area (Å²) in [7, 11) is 1.33. The Morgan fingerprint density at radius 3 is 2.50 bits per heavy atom. The van der Waals surface area contributed by atoms with E-state index in [2.05, 4.69) is 11.7 Å². The van der Waals surface area contributed by atoms with Crippen molar-refractivity contribution in [2.24, 2.45) is 0 Å². The molecule has 20 heavy (non-hydrogen) atoms. The van der Waals surface area contributed by atoms with Gasteiger partial charge >= 0.3 is 5.97 Å². The second kappa shape index (κ2) is 9.70. The molecular weight excluding hydrogens is 278 g/mol. The summed E-state index contributed by atoms with van der Waals surface area (Å²) in [4.78, 5) is 17.1. The lowest BCUT2D eigenvalue weighted by Crippen LogP contribution is -2.18. The van der Waals surface area contributed by atoms with Crippen molar-refractivity contribution in [1.29, 1.82) is 0 Å². The van der Waals surface area contributed by atoms with E-state index in [9.17, 15) is 4.79 Å². The molecular formula is C15H24ClNO3. The third kappa shape index (κ3) is 5.45. The topological polar surface area (TPSA) is 40.5 Å². The maximum absolute atomic E-state index is 11.5. The molecule has 0 saturated heterocycles. The van der Waals surface area contributed by atoms with Crippen molar-refractivity contribution in [3.63, 3.8) is 0 Å². The molecule has 114 valence electrons. The van der Waals surface area contributed by atoms with Gasteiger partial charge in [0.15, 0.2) is 5.69 Å². The first-order valence-electron chi connectivity index (χ1n) is 7.29. The average molecular weight is 302 g/mol. The molecule has 0 saturated carbocycles. The van der Waals surface area contributed by atoms with Crippen molar-refractivity contribution >= 4 is 17.6 Å². The Balaban J connectivity index is 2.24. The van der Waals surface area contributed by atoms with Gasteiger partial charge in [-0.15, -0.1) is 0 Å². The van der Waals surface area contributed by atoms with Gasteiger partial charge in [-0.05, 0) is 18.9 Å². The Labute approximate surface area is 126 Å². The van der Waals surface area contributed by atoms with Crippen LogP contribution < -0.4 is 4.84 Å². The van der Waals surface area contributed by atoms with Gasteiger partial charge in [0.2, 0.25) is 0 Å². The van der Waals surface area contributed by atoms with Gasteiger partial charge in [0.05, 0.1) is 12.1 Å². The second-order valence-electron chi connectivity index (χ2n) is 4.78. The molecule has 1 aromatic rings. The van der Waals surface area contributed by atoms with Gasteiger partial charge in [0, 0.05) is 6.20 Å². The number of esters is 1. The smallest absolute Gasteiger partial charge is 0.359 e. The predicted octanol–water partition coefficient (Wildman–Crippen LogP) is 4.11. The number of hydrogen-bond donors (Lipinski definition) is 0. The Hall–Kier alpha value is -1.16. The number of nitrogens with zero attached hydrogens (tertiary/aromatic N) is 1. The van der Waals surface area contributed by atoms with Crippen LogP contribution in [0.3, 0.4) is 0 Å². The molecule has 1 rings (SSSR count). The number of methoxy groups -OCH3 is 1. The van der Waals surface area contributed by atoms with Crippen LogP contribution in [0.25, 0.3) is 0 Å². The number of rotatable bonds is 10. The molecule has 0 aliphatic carbocycles. The van der Waals surface area contributed by atoms with E-state index in [1.165, 1.54) is 43.9 Å². The molecule has 0 spiro atoms. The van der Waals surface area contributed by atoms with Gasteiger partial charge in [0.1, 0.15) is 6.61 Å². The maximum Gasteiger partial charge on any atom is 0.359 e. The lowest BCUT2D eigenvalue weighted by molar-refractivity contribution is 0.0504. The number of halogens is 1. The van der Waals surface area contributed by atoms with Crippen LogP contribution in [-0.4, -0.2) is 24.4 Å². The lowest BCUT2D eigenvalue weighted by atomic mass is 10.1. The van der Waals surface area contributed by atoms with Crippen LogP contribution in [0.15, 0.2) is 12.3 Å². The molecule has 4 nitrogen and oxygen atoms in total. The first-order valence-corrected chi connectivity index (χ1v) is 7.67. The lowest BCUT2D eigenvalue weighted by Gasteiger charge is -2.10. The first kappa shape index (κ1) is 16.9. The second-order valence-corrected chi connectivity index (χ2v) is 5.19. The summed E-state index contributed by atoms with van der Waals surface area (Å²) in [5, 5.41) is 0.344. The van der Waals surface area contributed by atoms with Crippen molar-refractivity contribution < 1.29 is 14.4 Å². The zero-order valence-corrected chi connectivity index (χ0v) is 13.1. The van der Waals surface area contributed by atoms with Gasteiger partial charge < -0.3 is 9.57 Å². The molecule has 0 unspecified atom stereocenters. The molecule has 0 fully saturated rings. The highest BCUT2D eigenvalue weighted by molar-refractivity contribution is 6.33. The summed E-state index contributed by atoms with van der Waals surface area (Å²) in [6.45, 7) is 2.79. The highest BCUT2D eigenvalue weighted by atomic mass is 35.5. The van der Waals surface area contributed by atoms with Gasteiger partial charge in [-0.25, -0.2) is 4.79 Å². The molecule has 0 aliphatic rings. The highest BCUT2D eigenvalue weighted by Gasteiger charge is 2.17. The van der Waals surface area contributed by atoms with Crippen LogP contribution >= 0.6 is 11.6 Å². The summed E-state index contributed by atoms with van der Waals surface area (Å²) in [5.41, 5.74) is 0.247. The fraction of sp³-hybridized carbons (Fsp3) is 0.667. The molecule has 0 aliphatic heterocycles. The van der Waals surface area contributed by atoms with Crippen molar-refractivity contribution in [2.45, 2.75) is 51.9 Å². The fourth-order valence-electron chi connectivity index (χ4n) is 2.01. The Morgan fingerprint density at radius 1 is 1.20 bits per heavy atom. The molecule has 1 heterocycles. The number of unbranched alkanes of at least 4 members (excludes halogenated alkanes) is 6. The molecule has 0 N–H and O–H groups in total. The van der Waals surface area contributed by atoms with E-state index >= 15 is 0 Å². The van der Waals surface area contributed by atoms with Crippen LogP contribution in [0.4, 0.5) is 0 Å². The quantitative estimate of drug-likeness (QED) is 0.482. The van der Waals surface area contributed by atoms with E-state index in [0.29, 0.717) is 11.6 Å². The van der Waals surface area contributed by atoms with Crippen LogP contribution in [-0.2, 0) is 4.74 Å². The summed E-state index contributed by atoms with van der Waals surface area (Å²) in [6, 6.07) is 1.62. The summed E-state index contributed by atoms with van der Waals surface area (Å²) in [5.74, 6) is -0.487. The number of carbonyl (C=O) groups excluding carboxylic acids is 1. The molecule has 0 atom stereocenters. The summed E-state index contributed by atoms with van der Waals surface area (Å²) in [6.07, 6.45) is 10.2. The van der Waals surface area contributed by atoms with Gasteiger partial charge in [-0.1, -0.05) is 50.6 Å². The minimum atomic E-state index is -0.487. The zero-order valence-electron chi connectivity index (χ0n) is 12.4. The van der Waals surface area contributed by atoms with Crippen LogP contribution in [0.5, 0.6) is 0 Å². The van der Waals surface area contributed by atoms with Crippen molar-refractivity contribution in [3.05, 3.63) is 23.0 Å². The minimum absolute atomic E-state index is 0.247. The van der Waals surface area contributed by atoms with E-state index in [0.717, 1.165) is 12.8 Å². The SMILES string of the molecule is CCCCCCCCCOn1ccc(Cl)c1C(=O)OC. The number of hydrogen-bond acceptors (Lipinski definition) is 3. The van der Waals surface area contributed by atoms with E-state index in [-0.39, 0.29) is 5.69 Å². The third-order valence-electron chi connectivity index (χ3n) is 3.16. The van der Waals surface area contributed by atoms with E-state index in [1.54, 1.807) is 12.3 Å². The molecule has 0 amide bonds. The third-order valence-corrected chi connectivity index (χ3v) is 3.46. The van der Waals surface area contributed by atoms with E-state index < -0.39 is 5.97 Å². The van der Waals surface area contributed by atoms with Crippen LogP contribution in [0, 0.1) is 0 Å². The van der Waals surface area contributed by atoms with E-state index in [1.807, 2.05) is 0 Å². The number of ether oxygens (including phenoxy) is 1. The Bertz CT molecular complexity index is 404.